The molecule has 0 heterocycles. The van der Waals surface area contributed by atoms with Crippen LogP contribution in [-0.4, -0.2) is 25.9 Å². The van der Waals surface area contributed by atoms with E-state index in [0.717, 1.165) is 6.07 Å². The number of benzene rings is 2. The van der Waals surface area contributed by atoms with Gasteiger partial charge in [-0.15, -0.1) is 6.58 Å². The summed E-state index contributed by atoms with van der Waals surface area (Å²) >= 11 is 3.17. The summed E-state index contributed by atoms with van der Waals surface area (Å²) in [4.78, 5) is 22.7. The fraction of sp³-hybridized carbons (Fsp3) is 0.118. The molecule has 0 atom stereocenters. The van der Waals surface area contributed by atoms with Gasteiger partial charge in [0.05, 0.1) is 20.9 Å². The number of hydrogen-bond donors (Lipinski definition) is 1. The van der Waals surface area contributed by atoms with Crippen molar-refractivity contribution in [3.8, 4) is 0 Å². The normalized spacial score (nSPS) is 11.0. The van der Waals surface area contributed by atoms with Crippen molar-refractivity contribution in [1.29, 1.82) is 0 Å². The summed E-state index contributed by atoms with van der Waals surface area (Å²) in [6.07, 6.45) is 1.39. The van der Waals surface area contributed by atoms with Crippen LogP contribution in [0.2, 0.25) is 0 Å². The van der Waals surface area contributed by atoms with Crippen molar-refractivity contribution in [1.82, 2.24) is 4.72 Å². The van der Waals surface area contributed by atoms with Crippen molar-refractivity contribution < 1.29 is 22.9 Å². The molecular formula is C17H15BrN2O6S. The number of sulfonamides is 1. The zero-order valence-electron chi connectivity index (χ0n) is 13.9. The van der Waals surface area contributed by atoms with Gasteiger partial charge < -0.3 is 4.74 Å². The number of para-hydroxylation sites is 1. The molecule has 0 fully saturated rings. The van der Waals surface area contributed by atoms with Crippen LogP contribution in [0.25, 0.3) is 0 Å². The van der Waals surface area contributed by atoms with Crippen LogP contribution in [0, 0.1) is 10.1 Å². The molecule has 0 aliphatic heterocycles. The van der Waals surface area contributed by atoms with Gasteiger partial charge in [-0.3, -0.25) is 10.1 Å². The van der Waals surface area contributed by atoms with E-state index < -0.39 is 20.9 Å². The van der Waals surface area contributed by atoms with Gasteiger partial charge in [-0.2, -0.15) is 0 Å². The Bertz CT molecular complexity index is 991. The van der Waals surface area contributed by atoms with Crippen molar-refractivity contribution >= 4 is 37.6 Å². The molecule has 2 rings (SSSR count). The fourth-order valence-corrected chi connectivity index (χ4v) is 3.54. The number of nitro groups is 1. The quantitative estimate of drug-likeness (QED) is 0.283. The Hall–Kier alpha value is -2.56. The molecule has 0 amide bonds. The molecule has 2 aromatic carbocycles. The zero-order valence-corrected chi connectivity index (χ0v) is 16.3. The first-order valence-electron chi connectivity index (χ1n) is 7.56. The molecule has 0 aromatic heterocycles. The second kappa shape index (κ2) is 8.89. The lowest BCUT2D eigenvalue weighted by Gasteiger charge is -2.10. The number of nitro benzene ring substituents is 1. The minimum Gasteiger partial charge on any atom is -0.457 e. The molecule has 2 aromatic rings. The molecule has 10 heteroatoms. The summed E-state index contributed by atoms with van der Waals surface area (Å²) < 4.78 is 32.1. The minimum atomic E-state index is -3.82. The molecule has 0 radical (unpaired) electrons. The standard InChI is InChI=1S/C17H15BrN2O6S/c1-2-9-19-27(24,25)13-7-8-15(18)14(10-13)17(21)26-11-12-5-3-4-6-16(12)20(22)23/h2-8,10,19H,1,9,11H2. The van der Waals surface area contributed by atoms with Crippen LogP contribution in [-0.2, 0) is 21.4 Å². The molecule has 0 saturated carbocycles. The highest BCUT2D eigenvalue weighted by Crippen LogP contribution is 2.24. The van der Waals surface area contributed by atoms with Gasteiger partial charge in [0.15, 0.2) is 0 Å². The number of rotatable bonds is 8. The van der Waals surface area contributed by atoms with Crippen LogP contribution in [0.5, 0.6) is 0 Å². The Balaban J connectivity index is 2.23. The second-order valence-corrected chi connectivity index (χ2v) is 7.87. The highest BCUT2D eigenvalue weighted by molar-refractivity contribution is 9.10. The average Bonchev–Trinajstić information content (AvgIpc) is 2.64. The van der Waals surface area contributed by atoms with Crippen LogP contribution in [0.15, 0.2) is 64.5 Å². The molecule has 0 unspecified atom stereocenters. The lowest BCUT2D eigenvalue weighted by atomic mass is 10.2. The molecule has 0 aliphatic rings. The van der Waals surface area contributed by atoms with E-state index in [4.69, 9.17) is 4.74 Å². The van der Waals surface area contributed by atoms with Crippen LogP contribution < -0.4 is 4.72 Å². The number of halogens is 1. The Kier molecular flexibility index (Phi) is 6.83. The molecule has 0 aliphatic carbocycles. The van der Waals surface area contributed by atoms with Gasteiger partial charge in [-0.05, 0) is 40.2 Å². The van der Waals surface area contributed by atoms with Gasteiger partial charge in [0.1, 0.15) is 6.61 Å². The minimum absolute atomic E-state index is 0.0185. The first-order valence-corrected chi connectivity index (χ1v) is 9.83. The van der Waals surface area contributed by atoms with Gasteiger partial charge in [-0.25, -0.2) is 17.9 Å². The largest absolute Gasteiger partial charge is 0.457 e. The Morgan fingerprint density at radius 1 is 1.30 bits per heavy atom. The monoisotopic (exact) mass is 454 g/mol. The van der Waals surface area contributed by atoms with E-state index in [2.05, 4.69) is 27.2 Å². The summed E-state index contributed by atoms with van der Waals surface area (Å²) in [5, 5.41) is 11.0. The number of esters is 1. The number of hydrogen-bond acceptors (Lipinski definition) is 6. The van der Waals surface area contributed by atoms with Gasteiger partial charge >= 0.3 is 5.97 Å². The van der Waals surface area contributed by atoms with Crippen molar-refractivity contribution in [2.24, 2.45) is 0 Å². The van der Waals surface area contributed by atoms with Crippen molar-refractivity contribution in [3.63, 3.8) is 0 Å². The van der Waals surface area contributed by atoms with Gasteiger partial charge in [0, 0.05) is 17.1 Å². The van der Waals surface area contributed by atoms with E-state index in [-0.39, 0.29) is 34.9 Å². The van der Waals surface area contributed by atoms with E-state index in [1.807, 2.05) is 0 Å². The topological polar surface area (TPSA) is 116 Å². The summed E-state index contributed by atoms with van der Waals surface area (Å²) in [6.45, 7) is 3.15. The van der Waals surface area contributed by atoms with Crippen molar-refractivity contribution in [2.45, 2.75) is 11.5 Å². The van der Waals surface area contributed by atoms with E-state index in [9.17, 15) is 23.3 Å². The number of carbonyl (C=O) groups excluding carboxylic acids is 1. The van der Waals surface area contributed by atoms with E-state index in [1.165, 1.54) is 36.4 Å². The van der Waals surface area contributed by atoms with E-state index in [1.54, 1.807) is 6.07 Å². The van der Waals surface area contributed by atoms with Gasteiger partial charge in [0.25, 0.3) is 5.69 Å². The molecule has 142 valence electrons. The number of nitrogens with zero attached hydrogens (tertiary/aromatic N) is 1. The Morgan fingerprint density at radius 3 is 2.67 bits per heavy atom. The Morgan fingerprint density at radius 2 is 2.00 bits per heavy atom. The summed E-state index contributed by atoms with van der Waals surface area (Å²) in [5.74, 6) is -0.819. The van der Waals surface area contributed by atoms with Crippen LogP contribution in [0.3, 0.4) is 0 Å². The maximum atomic E-state index is 12.4. The van der Waals surface area contributed by atoms with Crippen molar-refractivity contribution in [3.05, 3.63) is 80.8 Å². The molecule has 0 bridgehead atoms. The fourth-order valence-electron chi connectivity index (χ4n) is 2.11. The first kappa shape index (κ1) is 20.7. The molecule has 0 saturated heterocycles. The van der Waals surface area contributed by atoms with Gasteiger partial charge in [0.2, 0.25) is 10.0 Å². The maximum Gasteiger partial charge on any atom is 0.339 e. The van der Waals surface area contributed by atoms with Gasteiger partial charge in [-0.1, -0.05) is 18.2 Å². The first-order chi connectivity index (χ1) is 12.8. The number of nitrogens with one attached hydrogen (secondary N) is 1. The third-order valence-corrected chi connectivity index (χ3v) is 5.55. The SMILES string of the molecule is C=CCNS(=O)(=O)c1ccc(Br)c(C(=O)OCc2ccccc2[N+](=O)[O-])c1. The highest BCUT2D eigenvalue weighted by Gasteiger charge is 2.20. The van der Waals surface area contributed by atoms with E-state index >= 15 is 0 Å². The third kappa shape index (κ3) is 5.22. The molecule has 1 N–H and O–H groups in total. The van der Waals surface area contributed by atoms with E-state index in [0.29, 0.717) is 4.47 Å². The van der Waals surface area contributed by atoms with Crippen LogP contribution >= 0.6 is 15.9 Å². The average molecular weight is 455 g/mol. The zero-order chi connectivity index (χ0) is 20.0. The highest BCUT2D eigenvalue weighted by atomic mass is 79.9. The second-order valence-electron chi connectivity index (χ2n) is 5.24. The smallest absolute Gasteiger partial charge is 0.339 e. The maximum absolute atomic E-state index is 12.4. The lowest BCUT2D eigenvalue weighted by Crippen LogP contribution is -2.24. The third-order valence-electron chi connectivity index (χ3n) is 3.43. The predicted molar refractivity (Wildman–Crippen MR) is 102 cm³/mol. The number of carbonyl (C=O) groups is 1. The molecule has 27 heavy (non-hydrogen) atoms. The summed E-state index contributed by atoms with van der Waals surface area (Å²) in [7, 11) is -3.82. The predicted octanol–water partition coefficient (Wildman–Crippen LogP) is 3.18. The molecule has 0 spiro atoms. The Labute approximate surface area is 164 Å². The summed E-state index contributed by atoms with van der Waals surface area (Å²) in [5.41, 5.74) is 0.0350. The lowest BCUT2D eigenvalue weighted by molar-refractivity contribution is -0.385. The van der Waals surface area contributed by atoms with Crippen LogP contribution in [0.4, 0.5) is 5.69 Å². The van der Waals surface area contributed by atoms with Crippen molar-refractivity contribution in [2.75, 3.05) is 6.54 Å². The summed E-state index contributed by atoms with van der Waals surface area (Å²) in [6, 6.07) is 9.77. The number of ether oxygens (including phenoxy) is 1. The molecule has 8 nitrogen and oxygen atoms in total. The van der Waals surface area contributed by atoms with Crippen LogP contribution in [0.1, 0.15) is 15.9 Å². The molecular weight excluding hydrogens is 440 g/mol.